The van der Waals surface area contributed by atoms with Gasteiger partial charge in [0.2, 0.25) is 0 Å². The van der Waals surface area contributed by atoms with Crippen LogP contribution in [0.3, 0.4) is 0 Å². The molecule has 0 fully saturated rings. The van der Waals surface area contributed by atoms with Gasteiger partial charge in [-0.05, 0) is 30.4 Å². The molecule has 2 heterocycles. The summed E-state index contributed by atoms with van der Waals surface area (Å²) < 4.78 is 0. The lowest BCUT2D eigenvalue weighted by Gasteiger charge is -2.27. The topological polar surface area (TPSA) is 41.6 Å². The maximum absolute atomic E-state index is 5.86. The first-order valence-electron chi connectivity index (χ1n) is 4.91. The van der Waals surface area contributed by atoms with Crippen molar-refractivity contribution in [2.45, 2.75) is 19.9 Å². The molecule has 0 aromatic carbocycles. The van der Waals surface area contributed by atoms with E-state index in [1.54, 1.807) is 0 Å². The first kappa shape index (κ1) is 9.52. The predicted octanol–water partition coefficient (Wildman–Crippen LogP) is 1.44. The lowest BCUT2D eigenvalue weighted by atomic mass is 10.1. The van der Waals surface area contributed by atoms with E-state index in [9.17, 15) is 0 Å². The first-order chi connectivity index (χ1) is 6.81. The van der Waals surface area contributed by atoms with Gasteiger partial charge in [0.25, 0.3) is 0 Å². The average molecular weight is 209 g/mol. The third kappa shape index (κ3) is 1.75. The molecule has 0 aliphatic carbocycles. The van der Waals surface area contributed by atoms with Crippen molar-refractivity contribution in [3.63, 3.8) is 0 Å². The van der Waals surface area contributed by atoms with Crippen LogP contribution in [0.15, 0.2) is 16.4 Å². The van der Waals surface area contributed by atoms with E-state index in [2.05, 4.69) is 21.3 Å². The van der Waals surface area contributed by atoms with Crippen molar-refractivity contribution in [3.8, 4) is 0 Å². The molecule has 1 aromatic rings. The van der Waals surface area contributed by atoms with Crippen molar-refractivity contribution in [2.75, 3.05) is 13.1 Å². The molecule has 0 bridgehead atoms. The summed E-state index contributed by atoms with van der Waals surface area (Å²) >= 11 is 1.85. The molecule has 0 spiro atoms. The molecule has 2 N–H and O–H groups in total. The van der Waals surface area contributed by atoms with Gasteiger partial charge in [0.05, 0.1) is 0 Å². The molecule has 0 atom stereocenters. The molecule has 1 aliphatic heterocycles. The lowest BCUT2D eigenvalue weighted by Crippen LogP contribution is -2.40. The standard InChI is InChI=1S/C10H15N3S/c1-2-12-10(11)13-5-3-9-8(7-13)4-6-14-9/h4,6H,2-3,5,7H2,1H3,(H2,11,12). The zero-order chi connectivity index (χ0) is 9.97. The van der Waals surface area contributed by atoms with Gasteiger partial charge in [-0.25, -0.2) is 0 Å². The maximum Gasteiger partial charge on any atom is 0.191 e. The zero-order valence-electron chi connectivity index (χ0n) is 8.36. The highest BCUT2D eigenvalue weighted by molar-refractivity contribution is 7.10. The van der Waals surface area contributed by atoms with Gasteiger partial charge in [0.15, 0.2) is 5.96 Å². The summed E-state index contributed by atoms with van der Waals surface area (Å²) in [4.78, 5) is 7.89. The van der Waals surface area contributed by atoms with E-state index in [0.29, 0.717) is 5.96 Å². The summed E-state index contributed by atoms with van der Waals surface area (Å²) in [5.74, 6) is 0.685. The summed E-state index contributed by atoms with van der Waals surface area (Å²) in [5, 5.41) is 2.15. The molecule has 3 nitrogen and oxygen atoms in total. The lowest BCUT2D eigenvalue weighted by molar-refractivity contribution is 0.392. The monoisotopic (exact) mass is 209 g/mol. The normalized spacial score (nSPS) is 16.9. The third-order valence-electron chi connectivity index (χ3n) is 2.45. The highest BCUT2D eigenvalue weighted by Gasteiger charge is 2.17. The molecule has 0 saturated heterocycles. The second-order valence-corrected chi connectivity index (χ2v) is 4.37. The fourth-order valence-electron chi connectivity index (χ4n) is 1.71. The Balaban J connectivity index is 2.11. The van der Waals surface area contributed by atoms with E-state index < -0.39 is 0 Å². The van der Waals surface area contributed by atoms with E-state index >= 15 is 0 Å². The molecular formula is C10H15N3S. The van der Waals surface area contributed by atoms with Crippen LogP contribution in [0.25, 0.3) is 0 Å². The van der Waals surface area contributed by atoms with Crippen LogP contribution >= 0.6 is 11.3 Å². The Morgan fingerprint density at radius 2 is 2.57 bits per heavy atom. The second kappa shape index (κ2) is 4.00. The Hall–Kier alpha value is -1.03. The highest BCUT2D eigenvalue weighted by Crippen LogP contribution is 2.23. The Kier molecular flexibility index (Phi) is 2.72. The number of fused-ring (bicyclic) bond motifs is 1. The molecule has 4 heteroatoms. The largest absolute Gasteiger partial charge is 0.370 e. The number of hydrogen-bond donors (Lipinski definition) is 1. The Bertz CT molecular complexity index is 343. The first-order valence-corrected chi connectivity index (χ1v) is 5.79. The molecule has 76 valence electrons. The van der Waals surface area contributed by atoms with Crippen LogP contribution in [0.4, 0.5) is 0 Å². The van der Waals surface area contributed by atoms with Gasteiger partial charge >= 0.3 is 0 Å². The Labute approximate surface area is 88.3 Å². The van der Waals surface area contributed by atoms with E-state index in [1.807, 2.05) is 18.3 Å². The predicted molar refractivity (Wildman–Crippen MR) is 60.6 cm³/mol. The smallest absolute Gasteiger partial charge is 0.191 e. The number of guanidine groups is 1. The van der Waals surface area contributed by atoms with Crippen molar-refractivity contribution >= 4 is 17.3 Å². The third-order valence-corrected chi connectivity index (χ3v) is 3.47. The molecular weight excluding hydrogens is 194 g/mol. The average Bonchev–Trinajstić information content (AvgIpc) is 2.64. The molecule has 0 saturated carbocycles. The number of nitrogens with zero attached hydrogens (tertiary/aromatic N) is 2. The number of nitrogens with two attached hydrogens (primary N) is 1. The molecule has 1 aliphatic rings. The summed E-state index contributed by atoms with van der Waals surface area (Å²) in [6, 6.07) is 2.19. The van der Waals surface area contributed by atoms with Crippen LogP contribution < -0.4 is 5.73 Å². The van der Waals surface area contributed by atoms with Gasteiger partial charge in [0.1, 0.15) is 0 Å². The molecule has 14 heavy (non-hydrogen) atoms. The van der Waals surface area contributed by atoms with Gasteiger partial charge in [-0.2, -0.15) is 0 Å². The van der Waals surface area contributed by atoms with Crippen molar-refractivity contribution in [1.82, 2.24) is 4.90 Å². The Morgan fingerprint density at radius 1 is 1.71 bits per heavy atom. The quantitative estimate of drug-likeness (QED) is 0.561. The number of hydrogen-bond acceptors (Lipinski definition) is 2. The van der Waals surface area contributed by atoms with E-state index in [0.717, 1.165) is 26.1 Å². The van der Waals surface area contributed by atoms with Crippen molar-refractivity contribution in [2.24, 2.45) is 10.7 Å². The minimum absolute atomic E-state index is 0.685. The number of rotatable bonds is 1. The number of thiophene rings is 1. The van der Waals surface area contributed by atoms with Gasteiger partial charge in [-0.3, -0.25) is 4.99 Å². The highest BCUT2D eigenvalue weighted by atomic mass is 32.1. The molecule has 2 rings (SSSR count). The van der Waals surface area contributed by atoms with Crippen LogP contribution in [-0.2, 0) is 13.0 Å². The SMILES string of the molecule is CCN=C(N)N1CCc2sccc2C1. The van der Waals surface area contributed by atoms with Crippen molar-refractivity contribution in [1.29, 1.82) is 0 Å². The molecule has 1 aromatic heterocycles. The fraction of sp³-hybridized carbons (Fsp3) is 0.500. The van der Waals surface area contributed by atoms with E-state index in [-0.39, 0.29) is 0 Å². The van der Waals surface area contributed by atoms with E-state index in [4.69, 9.17) is 5.73 Å². The molecule has 0 unspecified atom stereocenters. The fourth-order valence-corrected chi connectivity index (χ4v) is 2.60. The Morgan fingerprint density at radius 3 is 3.36 bits per heavy atom. The minimum Gasteiger partial charge on any atom is -0.370 e. The number of aliphatic imine (C=N–C) groups is 1. The summed E-state index contributed by atoms with van der Waals surface area (Å²) in [5.41, 5.74) is 7.28. The molecule has 0 radical (unpaired) electrons. The van der Waals surface area contributed by atoms with Crippen LogP contribution in [-0.4, -0.2) is 23.9 Å². The zero-order valence-corrected chi connectivity index (χ0v) is 9.18. The summed E-state index contributed by atoms with van der Waals surface area (Å²) in [6.45, 7) is 4.70. The summed E-state index contributed by atoms with van der Waals surface area (Å²) in [6.07, 6.45) is 1.10. The van der Waals surface area contributed by atoms with Crippen LogP contribution in [0.5, 0.6) is 0 Å². The van der Waals surface area contributed by atoms with Gasteiger partial charge in [-0.15, -0.1) is 11.3 Å². The van der Waals surface area contributed by atoms with Crippen LogP contribution in [0.1, 0.15) is 17.4 Å². The van der Waals surface area contributed by atoms with Crippen molar-refractivity contribution < 1.29 is 0 Å². The second-order valence-electron chi connectivity index (χ2n) is 3.37. The molecule has 0 amide bonds. The van der Waals surface area contributed by atoms with Gasteiger partial charge in [-0.1, -0.05) is 0 Å². The van der Waals surface area contributed by atoms with Crippen molar-refractivity contribution in [3.05, 3.63) is 21.9 Å². The van der Waals surface area contributed by atoms with E-state index in [1.165, 1.54) is 10.4 Å². The van der Waals surface area contributed by atoms with Gasteiger partial charge in [0, 0.05) is 24.5 Å². The van der Waals surface area contributed by atoms with Crippen LogP contribution in [0.2, 0.25) is 0 Å². The minimum atomic E-state index is 0.685. The summed E-state index contributed by atoms with van der Waals surface area (Å²) in [7, 11) is 0. The maximum atomic E-state index is 5.86. The van der Waals surface area contributed by atoms with Crippen LogP contribution in [0, 0.1) is 0 Å². The van der Waals surface area contributed by atoms with Gasteiger partial charge < -0.3 is 10.6 Å².